The van der Waals surface area contributed by atoms with Gasteiger partial charge in [0.05, 0.1) is 26.4 Å². The first-order valence-corrected chi connectivity index (χ1v) is 12.3. The van der Waals surface area contributed by atoms with Gasteiger partial charge in [0.25, 0.3) is 0 Å². The van der Waals surface area contributed by atoms with Crippen LogP contribution in [0.25, 0.3) is 0 Å². The van der Waals surface area contributed by atoms with Gasteiger partial charge in [-0.05, 0) is 45.4 Å². The van der Waals surface area contributed by atoms with Crippen LogP contribution in [0.5, 0.6) is 0 Å². The molecule has 0 aliphatic rings. The van der Waals surface area contributed by atoms with Crippen LogP contribution in [0, 0.1) is 5.82 Å². The Morgan fingerprint density at radius 2 is 1.41 bits per heavy atom. The van der Waals surface area contributed by atoms with Gasteiger partial charge in [-0.2, -0.15) is 0 Å². The highest BCUT2D eigenvalue weighted by molar-refractivity contribution is 7.72. The highest BCUT2D eigenvalue weighted by Gasteiger charge is 2.50. The van der Waals surface area contributed by atoms with Gasteiger partial charge in [0, 0.05) is 13.1 Å². The van der Waals surface area contributed by atoms with E-state index in [0.29, 0.717) is 5.56 Å². The molecule has 10 heteroatoms. The van der Waals surface area contributed by atoms with Crippen molar-refractivity contribution in [1.29, 1.82) is 0 Å². The van der Waals surface area contributed by atoms with Crippen molar-refractivity contribution in [3.05, 3.63) is 35.6 Å². The first-order chi connectivity index (χ1) is 12.8. The fourth-order valence-corrected chi connectivity index (χ4v) is 7.70. The molecule has 0 unspecified atom stereocenters. The quantitative estimate of drug-likeness (QED) is 0.430. The highest BCUT2D eigenvalue weighted by atomic mass is 31.2. The average Bonchev–Trinajstić information content (AvgIpc) is 2.59. The van der Waals surface area contributed by atoms with E-state index in [2.05, 4.69) is 5.32 Å². The van der Waals surface area contributed by atoms with Gasteiger partial charge in [-0.3, -0.25) is 9.13 Å². The van der Waals surface area contributed by atoms with Crippen LogP contribution in [0.3, 0.4) is 0 Å². The number of hydrogen-bond donors (Lipinski definition) is 1. The van der Waals surface area contributed by atoms with Crippen LogP contribution < -0.4 is 5.32 Å². The molecule has 0 aliphatic heterocycles. The third-order valence-electron chi connectivity index (χ3n) is 3.51. The van der Waals surface area contributed by atoms with Gasteiger partial charge in [-0.1, -0.05) is 12.1 Å². The second kappa shape index (κ2) is 12.1. The Hall–Kier alpha value is -0.590. The number of halogens is 1. The topological polar surface area (TPSA) is 83.1 Å². The van der Waals surface area contributed by atoms with Crippen LogP contribution in [0.2, 0.25) is 0 Å². The zero-order chi connectivity index (χ0) is 20.3. The van der Waals surface area contributed by atoms with Crippen LogP contribution in [0.15, 0.2) is 24.3 Å². The van der Waals surface area contributed by atoms with Crippen LogP contribution in [0.1, 0.15) is 33.3 Å². The smallest absolute Gasteiger partial charge is 0.311 e. The van der Waals surface area contributed by atoms with Crippen LogP contribution in [0.4, 0.5) is 4.39 Å². The molecule has 0 radical (unpaired) electrons. The standard InChI is InChI=1S/C17H30FNO6P2/c1-5-22-26(20,23-6-2)17(27(21,24-7-3)25-8-4)14-19-13-15-10-9-11-16(18)12-15/h9-12,17,19H,5-8,13-14H2,1-4H3. The molecule has 1 aromatic carbocycles. The molecular formula is C17H30FNO6P2. The van der Waals surface area contributed by atoms with Crippen molar-refractivity contribution in [3.8, 4) is 0 Å². The molecule has 0 aliphatic carbocycles. The van der Waals surface area contributed by atoms with E-state index in [9.17, 15) is 13.5 Å². The van der Waals surface area contributed by atoms with Gasteiger partial charge in [0.1, 0.15) is 5.82 Å². The molecule has 0 atom stereocenters. The molecule has 0 heterocycles. The number of hydrogen-bond acceptors (Lipinski definition) is 7. The minimum Gasteiger partial charge on any atom is -0.311 e. The maximum absolute atomic E-state index is 13.3. The molecule has 1 N–H and O–H groups in total. The summed E-state index contributed by atoms with van der Waals surface area (Å²) in [4.78, 5) is 0. The molecule has 1 rings (SSSR count). The van der Waals surface area contributed by atoms with Gasteiger partial charge in [-0.15, -0.1) is 0 Å². The van der Waals surface area contributed by atoms with E-state index >= 15 is 0 Å². The second-order valence-electron chi connectivity index (χ2n) is 5.49. The molecule has 0 spiro atoms. The summed E-state index contributed by atoms with van der Waals surface area (Å²) in [6.07, 6.45) is 0. The maximum atomic E-state index is 13.3. The zero-order valence-corrected chi connectivity index (χ0v) is 18.1. The summed E-state index contributed by atoms with van der Waals surface area (Å²) < 4.78 is 61.6. The third kappa shape index (κ3) is 7.39. The molecule has 156 valence electrons. The SMILES string of the molecule is CCOP(=O)(OCC)C(CNCc1cccc(F)c1)P(=O)(OCC)OCC. The van der Waals surface area contributed by atoms with E-state index in [1.54, 1.807) is 39.8 Å². The van der Waals surface area contributed by atoms with Crippen molar-refractivity contribution in [2.45, 2.75) is 39.6 Å². The van der Waals surface area contributed by atoms with Crippen molar-refractivity contribution < 1.29 is 31.6 Å². The predicted octanol–water partition coefficient (Wildman–Crippen LogP) is 4.77. The van der Waals surface area contributed by atoms with E-state index in [1.165, 1.54) is 12.1 Å². The first-order valence-electron chi connectivity index (χ1n) is 9.07. The Bertz CT molecular complexity index is 610. The Balaban J connectivity index is 3.07. The molecule has 7 nitrogen and oxygen atoms in total. The average molecular weight is 425 g/mol. The van der Waals surface area contributed by atoms with Crippen LogP contribution in [-0.2, 0) is 33.8 Å². The lowest BCUT2D eigenvalue weighted by Crippen LogP contribution is -2.30. The minimum absolute atomic E-state index is 0.00886. The Labute approximate surface area is 161 Å². The second-order valence-corrected chi connectivity index (χ2v) is 10.3. The normalized spacial score (nSPS) is 12.7. The number of rotatable bonds is 14. The minimum atomic E-state index is -3.79. The van der Waals surface area contributed by atoms with Crippen molar-refractivity contribution in [2.24, 2.45) is 0 Å². The maximum Gasteiger partial charge on any atom is 0.347 e. The molecule has 0 saturated heterocycles. The van der Waals surface area contributed by atoms with Crippen molar-refractivity contribution >= 4 is 15.2 Å². The van der Waals surface area contributed by atoms with Crippen LogP contribution in [-0.4, -0.2) is 38.4 Å². The van der Waals surface area contributed by atoms with Gasteiger partial charge in [-0.25, -0.2) is 4.39 Å². The Morgan fingerprint density at radius 1 is 0.926 bits per heavy atom. The summed E-state index contributed by atoms with van der Waals surface area (Å²) in [7, 11) is -7.58. The zero-order valence-electron chi connectivity index (χ0n) is 16.4. The van der Waals surface area contributed by atoms with Gasteiger partial charge in [0.15, 0.2) is 5.40 Å². The van der Waals surface area contributed by atoms with E-state index in [1.807, 2.05) is 0 Å². The lowest BCUT2D eigenvalue weighted by molar-refractivity contribution is 0.194. The summed E-state index contributed by atoms with van der Waals surface area (Å²) in [5, 5.41) is 1.90. The molecule has 0 bridgehead atoms. The summed E-state index contributed by atoms with van der Waals surface area (Å²) in [6, 6.07) is 6.08. The molecular weight excluding hydrogens is 395 g/mol. The summed E-state index contributed by atoms with van der Waals surface area (Å²) in [5.41, 5.74) is 0.694. The summed E-state index contributed by atoms with van der Waals surface area (Å²) >= 11 is 0. The van der Waals surface area contributed by atoms with E-state index < -0.39 is 20.6 Å². The monoisotopic (exact) mass is 425 g/mol. The van der Waals surface area contributed by atoms with Crippen LogP contribution >= 0.6 is 15.2 Å². The van der Waals surface area contributed by atoms with Crippen molar-refractivity contribution in [2.75, 3.05) is 33.0 Å². The Kier molecular flexibility index (Phi) is 10.9. The molecule has 1 aromatic rings. The number of nitrogens with one attached hydrogen (secondary N) is 1. The van der Waals surface area contributed by atoms with Gasteiger partial charge >= 0.3 is 15.2 Å². The lowest BCUT2D eigenvalue weighted by atomic mass is 10.2. The van der Waals surface area contributed by atoms with E-state index in [-0.39, 0.29) is 45.3 Å². The fourth-order valence-electron chi connectivity index (χ4n) is 2.53. The first kappa shape index (κ1) is 24.4. The predicted molar refractivity (Wildman–Crippen MR) is 104 cm³/mol. The van der Waals surface area contributed by atoms with E-state index in [0.717, 1.165) is 0 Å². The molecule has 0 amide bonds. The fraction of sp³-hybridized carbons (Fsp3) is 0.647. The molecule has 0 aromatic heterocycles. The summed E-state index contributed by atoms with van der Waals surface area (Å²) in [5.74, 6) is -0.352. The Morgan fingerprint density at radius 3 is 1.81 bits per heavy atom. The van der Waals surface area contributed by atoms with E-state index in [4.69, 9.17) is 18.1 Å². The van der Waals surface area contributed by atoms with Gasteiger partial charge < -0.3 is 23.4 Å². The third-order valence-corrected chi connectivity index (χ3v) is 9.51. The number of benzene rings is 1. The molecule has 27 heavy (non-hydrogen) atoms. The van der Waals surface area contributed by atoms with Gasteiger partial charge in [0.2, 0.25) is 0 Å². The van der Waals surface area contributed by atoms with Crippen molar-refractivity contribution in [3.63, 3.8) is 0 Å². The molecule has 0 saturated carbocycles. The van der Waals surface area contributed by atoms with Crippen molar-refractivity contribution in [1.82, 2.24) is 5.32 Å². The summed E-state index contributed by atoms with van der Waals surface area (Å²) in [6.45, 7) is 7.46. The molecule has 0 fully saturated rings. The lowest BCUT2D eigenvalue weighted by Gasteiger charge is -2.31. The largest absolute Gasteiger partial charge is 0.347 e. The highest BCUT2D eigenvalue weighted by Crippen LogP contribution is 2.70.